The summed E-state index contributed by atoms with van der Waals surface area (Å²) in [6.07, 6.45) is 2.01. The minimum Gasteiger partial charge on any atom is -0.312 e. The van der Waals surface area contributed by atoms with Crippen LogP contribution in [-0.2, 0) is 0 Å². The first-order valence-corrected chi connectivity index (χ1v) is 5.17. The third kappa shape index (κ3) is 1.15. The molecule has 0 unspecified atom stereocenters. The Morgan fingerprint density at radius 1 is 1.20 bits per heavy atom. The second kappa shape index (κ2) is 2.97. The lowest BCUT2D eigenvalue weighted by Gasteiger charge is -2.06. The van der Waals surface area contributed by atoms with E-state index in [-0.39, 0.29) is 0 Å². The van der Waals surface area contributed by atoms with Crippen molar-refractivity contribution in [1.82, 2.24) is 9.38 Å². The van der Waals surface area contributed by atoms with Crippen LogP contribution in [0, 0.1) is 6.92 Å². The topological polar surface area (TPSA) is 17.3 Å². The Morgan fingerprint density at radius 2 is 2.07 bits per heavy atom. The maximum atomic E-state index is 6.18. The van der Waals surface area contributed by atoms with Gasteiger partial charge in [0.1, 0.15) is 0 Å². The smallest absolute Gasteiger partial charge is 0.0902 e. The molecule has 0 N–H and O–H groups in total. The van der Waals surface area contributed by atoms with Crippen molar-refractivity contribution < 1.29 is 0 Å². The average Bonchev–Trinajstić information content (AvgIpc) is 2.66. The number of benzene rings is 1. The van der Waals surface area contributed by atoms with E-state index >= 15 is 0 Å². The fourth-order valence-corrected chi connectivity index (χ4v) is 2.20. The van der Waals surface area contributed by atoms with Gasteiger partial charge in [-0.2, -0.15) is 0 Å². The predicted molar refractivity (Wildman–Crippen MR) is 62.4 cm³/mol. The molecular formula is C12H9ClN2. The molecule has 0 aliphatic rings. The van der Waals surface area contributed by atoms with Crippen LogP contribution in [0.1, 0.15) is 5.69 Å². The highest BCUT2D eigenvalue weighted by Gasteiger charge is 2.06. The number of rotatable bonds is 0. The normalized spacial score (nSPS) is 11.3. The van der Waals surface area contributed by atoms with Crippen molar-refractivity contribution in [3.05, 3.63) is 47.2 Å². The van der Waals surface area contributed by atoms with Crippen LogP contribution in [0.25, 0.3) is 16.6 Å². The highest BCUT2D eigenvalue weighted by molar-refractivity contribution is 6.35. The monoisotopic (exact) mass is 216 g/mol. The van der Waals surface area contributed by atoms with E-state index in [0.717, 1.165) is 27.3 Å². The summed E-state index contributed by atoms with van der Waals surface area (Å²) in [6.45, 7) is 2.01. The molecule has 0 spiro atoms. The van der Waals surface area contributed by atoms with Gasteiger partial charge >= 0.3 is 0 Å². The van der Waals surface area contributed by atoms with Crippen LogP contribution in [0.4, 0.5) is 0 Å². The molecular weight excluding hydrogens is 208 g/mol. The number of halogens is 1. The van der Waals surface area contributed by atoms with Crippen LogP contribution >= 0.6 is 11.6 Å². The van der Waals surface area contributed by atoms with Crippen molar-refractivity contribution in [2.75, 3.05) is 0 Å². The molecule has 2 nitrogen and oxygen atoms in total. The first-order chi connectivity index (χ1) is 7.27. The fraction of sp³-hybridized carbons (Fsp3) is 0.0833. The van der Waals surface area contributed by atoms with E-state index < -0.39 is 0 Å². The largest absolute Gasteiger partial charge is 0.312 e. The first-order valence-electron chi connectivity index (χ1n) is 4.79. The molecule has 0 aliphatic carbocycles. The Bertz CT molecular complexity index is 655. The summed E-state index contributed by atoms with van der Waals surface area (Å²) in [7, 11) is 0. The maximum absolute atomic E-state index is 6.18. The molecule has 0 amide bonds. The quantitative estimate of drug-likeness (QED) is 0.563. The Morgan fingerprint density at radius 3 is 2.93 bits per heavy atom. The van der Waals surface area contributed by atoms with Gasteiger partial charge in [0, 0.05) is 6.20 Å². The lowest BCUT2D eigenvalue weighted by Crippen LogP contribution is -1.93. The summed E-state index contributed by atoms with van der Waals surface area (Å²) in [5.74, 6) is 0. The van der Waals surface area contributed by atoms with Gasteiger partial charge < -0.3 is 4.40 Å². The molecule has 0 saturated heterocycles. The van der Waals surface area contributed by atoms with Crippen LogP contribution < -0.4 is 0 Å². The van der Waals surface area contributed by atoms with Crippen molar-refractivity contribution in [2.24, 2.45) is 0 Å². The third-order valence-electron chi connectivity index (χ3n) is 2.61. The van der Waals surface area contributed by atoms with Gasteiger partial charge in [0.2, 0.25) is 0 Å². The Kier molecular flexibility index (Phi) is 1.73. The van der Waals surface area contributed by atoms with Gasteiger partial charge in [0.05, 0.1) is 27.3 Å². The predicted octanol–water partition coefficient (Wildman–Crippen LogP) is 3.45. The van der Waals surface area contributed by atoms with E-state index in [4.69, 9.17) is 11.6 Å². The number of aryl methyl sites for hydroxylation is 1. The second-order valence-electron chi connectivity index (χ2n) is 3.57. The van der Waals surface area contributed by atoms with Gasteiger partial charge in [0.25, 0.3) is 0 Å². The van der Waals surface area contributed by atoms with E-state index in [0.29, 0.717) is 0 Å². The van der Waals surface area contributed by atoms with E-state index in [1.54, 1.807) is 0 Å². The molecule has 3 rings (SSSR count). The number of para-hydroxylation sites is 1. The van der Waals surface area contributed by atoms with Crippen molar-refractivity contribution >= 4 is 28.2 Å². The highest BCUT2D eigenvalue weighted by Crippen LogP contribution is 2.24. The van der Waals surface area contributed by atoms with Crippen molar-refractivity contribution in [3.63, 3.8) is 0 Å². The number of aromatic nitrogens is 2. The molecule has 3 heteroatoms. The summed E-state index contributed by atoms with van der Waals surface area (Å²) < 4.78 is 2.08. The standard InChI is InChI=1S/C12H9ClN2/c1-8-11-6-3-7-15(11)12-9(13)4-2-5-10(12)14-8/h2-7H,1H3. The molecule has 15 heavy (non-hydrogen) atoms. The Hall–Kier alpha value is -1.54. The Labute approximate surface area is 92.1 Å². The summed E-state index contributed by atoms with van der Waals surface area (Å²) in [5, 5.41) is 0.737. The number of fused-ring (bicyclic) bond motifs is 3. The summed E-state index contributed by atoms with van der Waals surface area (Å²) in [4.78, 5) is 4.53. The molecule has 0 saturated carbocycles. The average molecular weight is 217 g/mol. The van der Waals surface area contributed by atoms with Gasteiger partial charge in [-0.25, -0.2) is 4.98 Å². The van der Waals surface area contributed by atoms with Crippen LogP contribution in [0.3, 0.4) is 0 Å². The van der Waals surface area contributed by atoms with E-state index in [9.17, 15) is 0 Å². The molecule has 3 aromatic rings. The van der Waals surface area contributed by atoms with Gasteiger partial charge in [-0.3, -0.25) is 0 Å². The zero-order chi connectivity index (χ0) is 10.4. The summed E-state index contributed by atoms with van der Waals surface area (Å²) in [5.41, 5.74) is 4.04. The molecule has 0 aliphatic heterocycles. The van der Waals surface area contributed by atoms with Crippen molar-refractivity contribution in [1.29, 1.82) is 0 Å². The maximum Gasteiger partial charge on any atom is 0.0902 e. The minimum absolute atomic E-state index is 0.737. The molecule has 0 bridgehead atoms. The van der Waals surface area contributed by atoms with Crippen LogP contribution in [-0.4, -0.2) is 9.38 Å². The number of hydrogen-bond acceptors (Lipinski definition) is 1. The van der Waals surface area contributed by atoms with Crippen LogP contribution in [0.15, 0.2) is 36.5 Å². The lowest BCUT2D eigenvalue weighted by atomic mass is 10.2. The van der Waals surface area contributed by atoms with Crippen LogP contribution in [0.5, 0.6) is 0 Å². The number of hydrogen-bond donors (Lipinski definition) is 0. The molecule has 2 aromatic heterocycles. The zero-order valence-corrected chi connectivity index (χ0v) is 8.99. The molecule has 0 atom stereocenters. The van der Waals surface area contributed by atoms with Gasteiger partial charge in [-0.05, 0) is 31.2 Å². The lowest BCUT2D eigenvalue weighted by molar-refractivity contribution is 1.17. The van der Waals surface area contributed by atoms with E-state index in [1.165, 1.54) is 0 Å². The Balaban J connectivity index is 2.68. The fourth-order valence-electron chi connectivity index (χ4n) is 1.94. The second-order valence-corrected chi connectivity index (χ2v) is 3.98. The zero-order valence-electron chi connectivity index (χ0n) is 8.24. The van der Waals surface area contributed by atoms with Crippen molar-refractivity contribution in [2.45, 2.75) is 6.92 Å². The molecule has 0 radical (unpaired) electrons. The third-order valence-corrected chi connectivity index (χ3v) is 2.92. The minimum atomic E-state index is 0.737. The van der Waals surface area contributed by atoms with Crippen molar-refractivity contribution in [3.8, 4) is 0 Å². The number of nitrogens with zero attached hydrogens (tertiary/aromatic N) is 2. The van der Waals surface area contributed by atoms with Crippen LogP contribution in [0.2, 0.25) is 5.02 Å². The molecule has 0 fully saturated rings. The molecule has 2 heterocycles. The summed E-state index contributed by atoms with van der Waals surface area (Å²) >= 11 is 6.18. The molecule has 1 aromatic carbocycles. The van der Waals surface area contributed by atoms with Gasteiger partial charge in [-0.1, -0.05) is 17.7 Å². The SMILES string of the molecule is Cc1nc2cccc(Cl)c2n2cccc12. The summed E-state index contributed by atoms with van der Waals surface area (Å²) in [6, 6.07) is 9.85. The first kappa shape index (κ1) is 8.74. The van der Waals surface area contributed by atoms with E-state index in [1.807, 2.05) is 43.5 Å². The highest BCUT2D eigenvalue weighted by atomic mass is 35.5. The van der Waals surface area contributed by atoms with Gasteiger partial charge in [-0.15, -0.1) is 0 Å². The molecule has 74 valence electrons. The van der Waals surface area contributed by atoms with Gasteiger partial charge in [0.15, 0.2) is 0 Å². The van der Waals surface area contributed by atoms with E-state index in [2.05, 4.69) is 9.38 Å².